The highest BCUT2D eigenvalue weighted by atomic mass is 19.4. The van der Waals surface area contributed by atoms with Crippen LogP contribution in [0.1, 0.15) is 34.2 Å². The Bertz CT molecular complexity index is 881. The zero-order valence-corrected chi connectivity index (χ0v) is 12.2. The molecule has 0 saturated carbocycles. The molecule has 0 saturated heterocycles. The SMILES string of the molecule is CCc1ccnc(C(=O)c2[c]c3cc(C(F)(F)F)ccc3[nH]2)c1. The third-order valence-electron chi connectivity index (χ3n) is 3.56. The number of hydrogen-bond donors (Lipinski definition) is 1. The first kappa shape index (κ1) is 15.3. The van der Waals surface area contributed by atoms with E-state index in [-0.39, 0.29) is 16.8 Å². The topological polar surface area (TPSA) is 45.8 Å². The monoisotopic (exact) mass is 317 g/mol. The smallest absolute Gasteiger partial charge is 0.351 e. The summed E-state index contributed by atoms with van der Waals surface area (Å²) in [6.45, 7) is 1.96. The van der Waals surface area contributed by atoms with Crippen molar-refractivity contribution in [2.24, 2.45) is 0 Å². The Morgan fingerprint density at radius 2 is 2.04 bits per heavy atom. The van der Waals surface area contributed by atoms with E-state index in [2.05, 4.69) is 16.0 Å². The van der Waals surface area contributed by atoms with E-state index in [1.807, 2.05) is 6.92 Å². The van der Waals surface area contributed by atoms with E-state index in [0.29, 0.717) is 5.52 Å². The van der Waals surface area contributed by atoms with Gasteiger partial charge in [-0.2, -0.15) is 13.2 Å². The van der Waals surface area contributed by atoms with Gasteiger partial charge in [-0.15, -0.1) is 0 Å². The van der Waals surface area contributed by atoms with Gasteiger partial charge < -0.3 is 4.98 Å². The van der Waals surface area contributed by atoms with Crippen LogP contribution in [0.2, 0.25) is 0 Å². The maximum Gasteiger partial charge on any atom is 0.416 e. The lowest BCUT2D eigenvalue weighted by Crippen LogP contribution is -2.05. The van der Waals surface area contributed by atoms with Crippen molar-refractivity contribution in [3.63, 3.8) is 0 Å². The molecule has 0 aliphatic rings. The maximum absolute atomic E-state index is 12.7. The van der Waals surface area contributed by atoms with Gasteiger partial charge in [0.2, 0.25) is 5.78 Å². The van der Waals surface area contributed by atoms with E-state index in [4.69, 9.17) is 0 Å². The second kappa shape index (κ2) is 5.53. The van der Waals surface area contributed by atoms with Gasteiger partial charge in [-0.1, -0.05) is 6.92 Å². The van der Waals surface area contributed by atoms with E-state index in [9.17, 15) is 18.0 Å². The molecule has 2 aromatic heterocycles. The number of pyridine rings is 1. The van der Waals surface area contributed by atoms with Gasteiger partial charge in [0.05, 0.1) is 11.3 Å². The summed E-state index contributed by atoms with van der Waals surface area (Å²) >= 11 is 0. The fourth-order valence-corrected chi connectivity index (χ4v) is 2.29. The fourth-order valence-electron chi connectivity index (χ4n) is 2.29. The number of aromatic nitrogens is 2. The molecule has 0 bridgehead atoms. The normalized spacial score (nSPS) is 11.8. The summed E-state index contributed by atoms with van der Waals surface area (Å²) in [5, 5.41) is 0.217. The van der Waals surface area contributed by atoms with Crippen LogP contribution in [0, 0.1) is 6.07 Å². The first-order valence-electron chi connectivity index (χ1n) is 7.00. The summed E-state index contributed by atoms with van der Waals surface area (Å²) in [4.78, 5) is 19.2. The predicted octanol–water partition coefficient (Wildman–Crippen LogP) is 4.18. The minimum Gasteiger partial charge on any atom is -0.351 e. The van der Waals surface area contributed by atoms with E-state index in [0.717, 1.165) is 24.1 Å². The lowest BCUT2D eigenvalue weighted by atomic mass is 10.1. The summed E-state index contributed by atoms with van der Waals surface area (Å²) in [6.07, 6.45) is -2.13. The molecule has 0 aliphatic heterocycles. The number of carbonyl (C=O) groups is 1. The van der Waals surface area contributed by atoms with Crippen LogP contribution in [0.15, 0.2) is 36.5 Å². The number of benzene rings is 1. The first-order chi connectivity index (χ1) is 10.9. The van der Waals surface area contributed by atoms with Crippen molar-refractivity contribution in [3.05, 3.63) is 65.1 Å². The second-order valence-corrected chi connectivity index (χ2v) is 5.12. The average Bonchev–Trinajstić information content (AvgIpc) is 2.96. The number of hydrogen-bond acceptors (Lipinski definition) is 2. The molecule has 3 rings (SSSR count). The van der Waals surface area contributed by atoms with Crippen LogP contribution < -0.4 is 0 Å². The van der Waals surface area contributed by atoms with Crippen molar-refractivity contribution in [2.75, 3.05) is 0 Å². The quantitative estimate of drug-likeness (QED) is 0.737. The highest BCUT2D eigenvalue weighted by molar-refractivity contribution is 6.08. The average molecular weight is 317 g/mol. The summed E-state index contributed by atoms with van der Waals surface area (Å²) in [5.74, 6) is -0.398. The largest absolute Gasteiger partial charge is 0.416 e. The van der Waals surface area contributed by atoms with Crippen LogP contribution in [0.4, 0.5) is 13.2 Å². The maximum atomic E-state index is 12.7. The Hall–Kier alpha value is -2.63. The van der Waals surface area contributed by atoms with Gasteiger partial charge in [-0.25, -0.2) is 0 Å². The number of halogens is 3. The molecular weight excluding hydrogens is 305 g/mol. The molecule has 23 heavy (non-hydrogen) atoms. The molecule has 3 nitrogen and oxygen atoms in total. The number of carbonyl (C=O) groups excluding carboxylic acids is 1. The Morgan fingerprint density at radius 1 is 1.26 bits per heavy atom. The molecule has 0 amide bonds. The molecule has 0 atom stereocenters. The number of H-pyrrole nitrogens is 1. The summed E-state index contributed by atoms with van der Waals surface area (Å²) in [5.41, 5.74) is 0.945. The van der Waals surface area contributed by atoms with Gasteiger partial charge in [0, 0.05) is 23.2 Å². The highest BCUT2D eigenvalue weighted by Gasteiger charge is 2.30. The van der Waals surface area contributed by atoms with Gasteiger partial charge in [-0.3, -0.25) is 9.78 Å². The third kappa shape index (κ3) is 2.97. The van der Waals surface area contributed by atoms with Crippen LogP contribution in [0.5, 0.6) is 0 Å². The number of aromatic amines is 1. The van der Waals surface area contributed by atoms with Crippen molar-refractivity contribution in [2.45, 2.75) is 19.5 Å². The molecule has 0 fully saturated rings. The van der Waals surface area contributed by atoms with Crippen molar-refractivity contribution in [3.8, 4) is 0 Å². The Labute approximate surface area is 130 Å². The van der Waals surface area contributed by atoms with Crippen LogP contribution in [-0.4, -0.2) is 15.8 Å². The molecule has 3 aromatic rings. The Kier molecular flexibility index (Phi) is 3.67. The second-order valence-electron chi connectivity index (χ2n) is 5.12. The van der Waals surface area contributed by atoms with Crippen LogP contribution >= 0.6 is 0 Å². The lowest BCUT2D eigenvalue weighted by molar-refractivity contribution is -0.137. The number of nitrogens with zero attached hydrogens (tertiary/aromatic N) is 1. The number of nitrogens with one attached hydrogen (secondary N) is 1. The molecule has 0 unspecified atom stereocenters. The summed E-state index contributed by atoms with van der Waals surface area (Å²) in [6, 6.07) is 9.41. The molecule has 0 aliphatic carbocycles. The lowest BCUT2D eigenvalue weighted by Gasteiger charge is -2.05. The minimum absolute atomic E-state index is 0.0973. The Balaban J connectivity index is 2.01. The van der Waals surface area contributed by atoms with Gasteiger partial charge in [0.1, 0.15) is 5.69 Å². The van der Waals surface area contributed by atoms with Crippen LogP contribution in [0.25, 0.3) is 10.9 Å². The zero-order chi connectivity index (χ0) is 16.6. The van der Waals surface area contributed by atoms with Gasteiger partial charge in [-0.05, 0) is 42.3 Å². The van der Waals surface area contributed by atoms with E-state index in [1.165, 1.54) is 12.3 Å². The van der Waals surface area contributed by atoms with E-state index < -0.39 is 17.5 Å². The molecule has 0 spiro atoms. The summed E-state index contributed by atoms with van der Waals surface area (Å²) < 4.78 is 38.2. The molecule has 117 valence electrons. The van der Waals surface area contributed by atoms with Gasteiger partial charge in [0.25, 0.3) is 0 Å². The molecule has 2 heterocycles. The fraction of sp³-hybridized carbons (Fsp3) is 0.176. The molecule has 6 heteroatoms. The number of rotatable bonds is 3. The number of fused-ring (bicyclic) bond motifs is 1. The molecule has 1 aromatic carbocycles. The van der Waals surface area contributed by atoms with Crippen molar-refractivity contribution < 1.29 is 18.0 Å². The first-order valence-corrected chi connectivity index (χ1v) is 7.00. The molecule has 1 N–H and O–H groups in total. The van der Waals surface area contributed by atoms with Crippen LogP contribution in [-0.2, 0) is 12.6 Å². The van der Waals surface area contributed by atoms with Crippen LogP contribution in [0.3, 0.4) is 0 Å². The van der Waals surface area contributed by atoms with Crippen molar-refractivity contribution >= 4 is 16.7 Å². The van der Waals surface area contributed by atoms with E-state index in [1.54, 1.807) is 12.1 Å². The minimum atomic E-state index is -4.43. The summed E-state index contributed by atoms with van der Waals surface area (Å²) in [7, 11) is 0. The Morgan fingerprint density at radius 3 is 2.74 bits per heavy atom. The third-order valence-corrected chi connectivity index (χ3v) is 3.56. The molecule has 1 radical (unpaired) electrons. The van der Waals surface area contributed by atoms with Gasteiger partial charge >= 0.3 is 6.18 Å². The zero-order valence-electron chi connectivity index (χ0n) is 12.2. The predicted molar refractivity (Wildman–Crippen MR) is 79.2 cm³/mol. The number of ketones is 1. The molecular formula is C17H12F3N2O. The number of alkyl halides is 3. The van der Waals surface area contributed by atoms with Crippen molar-refractivity contribution in [1.29, 1.82) is 0 Å². The number of aryl methyl sites for hydroxylation is 1. The van der Waals surface area contributed by atoms with Gasteiger partial charge in [0.15, 0.2) is 0 Å². The van der Waals surface area contributed by atoms with Crippen molar-refractivity contribution in [1.82, 2.24) is 9.97 Å². The standard InChI is InChI=1S/C17H12F3N2O/c1-2-10-5-6-21-14(7-10)16(23)15-9-11-8-12(17(18,19)20)3-4-13(11)22-15/h3-8,22H,2H2,1H3. The highest BCUT2D eigenvalue weighted by Crippen LogP contribution is 2.31. The van der Waals surface area contributed by atoms with E-state index >= 15 is 0 Å².